The number of halogens is 3. The van der Waals surface area contributed by atoms with Crippen molar-refractivity contribution in [3.05, 3.63) is 30.5 Å². The number of nitrogens with zero attached hydrogens (tertiary/aromatic N) is 3. The predicted molar refractivity (Wildman–Crippen MR) is 94.3 cm³/mol. The van der Waals surface area contributed by atoms with Crippen molar-refractivity contribution in [1.29, 1.82) is 0 Å². The van der Waals surface area contributed by atoms with Crippen LogP contribution in [0, 0.1) is 5.92 Å². The summed E-state index contributed by atoms with van der Waals surface area (Å²) >= 11 is 0. The fraction of sp³-hybridized carbons (Fsp3) is 0.294. The van der Waals surface area contributed by atoms with Gasteiger partial charge < -0.3 is 20.3 Å². The number of ether oxygens (including phenoxy) is 1. The van der Waals surface area contributed by atoms with Crippen LogP contribution < -0.4 is 10.1 Å². The molecule has 3 heterocycles. The van der Waals surface area contributed by atoms with E-state index in [4.69, 9.17) is 14.6 Å². The summed E-state index contributed by atoms with van der Waals surface area (Å²) in [5, 5.41) is 27.4. The minimum Gasteiger partial charge on any atom is -0.508 e. The van der Waals surface area contributed by atoms with Crippen molar-refractivity contribution in [2.24, 2.45) is 5.92 Å². The fourth-order valence-electron chi connectivity index (χ4n) is 2.32. The Morgan fingerprint density at radius 3 is 2.41 bits per heavy atom. The number of aromatic hydroxyl groups is 1. The van der Waals surface area contributed by atoms with Crippen molar-refractivity contribution < 1.29 is 32.9 Å². The van der Waals surface area contributed by atoms with Gasteiger partial charge in [-0.25, -0.2) is 9.78 Å². The van der Waals surface area contributed by atoms with Crippen LogP contribution in [0.3, 0.4) is 0 Å². The van der Waals surface area contributed by atoms with Gasteiger partial charge in [0.1, 0.15) is 11.1 Å². The Bertz CT molecular complexity index is 987. The highest BCUT2D eigenvalue weighted by molar-refractivity contribution is 5.81. The highest BCUT2D eigenvalue weighted by atomic mass is 19.4. The smallest absolute Gasteiger partial charge is 0.490 e. The highest BCUT2D eigenvalue weighted by Crippen LogP contribution is 2.26. The first kappa shape index (κ1) is 20.3. The molecule has 1 aliphatic heterocycles. The van der Waals surface area contributed by atoms with E-state index in [1.54, 1.807) is 30.5 Å². The van der Waals surface area contributed by atoms with E-state index >= 15 is 0 Å². The van der Waals surface area contributed by atoms with E-state index < -0.39 is 12.1 Å². The summed E-state index contributed by atoms with van der Waals surface area (Å²) in [7, 11) is 0. The van der Waals surface area contributed by atoms with Gasteiger partial charge in [-0.05, 0) is 24.3 Å². The second kappa shape index (κ2) is 8.31. The molecule has 1 fully saturated rings. The summed E-state index contributed by atoms with van der Waals surface area (Å²) in [6.07, 6.45) is -3.41. The van der Waals surface area contributed by atoms with Crippen LogP contribution in [-0.2, 0) is 4.79 Å². The Labute approximate surface area is 161 Å². The minimum absolute atomic E-state index is 0.209. The largest absolute Gasteiger partial charge is 0.508 e. The highest BCUT2D eigenvalue weighted by Gasteiger charge is 2.38. The van der Waals surface area contributed by atoms with Crippen LogP contribution in [0.1, 0.15) is 0 Å². The number of phenolic OH excluding ortho intramolecular Hbond substituents is 1. The Kier molecular flexibility index (Phi) is 5.82. The van der Waals surface area contributed by atoms with Gasteiger partial charge in [0.05, 0.1) is 12.8 Å². The molecule has 0 amide bonds. The predicted octanol–water partition coefficient (Wildman–Crippen LogP) is 1.96. The van der Waals surface area contributed by atoms with Crippen LogP contribution >= 0.6 is 0 Å². The number of hydrogen-bond acceptors (Lipinski definition) is 7. The molecule has 0 saturated carbocycles. The summed E-state index contributed by atoms with van der Waals surface area (Å²) in [6, 6.07) is 6.76. The summed E-state index contributed by atoms with van der Waals surface area (Å²) < 4.78 is 37.6. The van der Waals surface area contributed by atoms with Crippen LogP contribution in [0.15, 0.2) is 30.5 Å². The number of aromatic amines is 1. The molecule has 2 aromatic heterocycles. The van der Waals surface area contributed by atoms with Crippen molar-refractivity contribution in [2.45, 2.75) is 6.18 Å². The Morgan fingerprint density at radius 1 is 1.21 bits per heavy atom. The SMILES string of the molecule is O=C(O)C(F)(F)F.Oc1ccc(-c2nc(OCC3CNC3)c3cn[nH]c3n2)cc1. The van der Waals surface area contributed by atoms with Crippen LogP contribution in [0.4, 0.5) is 13.2 Å². The zero-order valence-electron chi connectivity index (χ0n) is 14.8. The maximum atomic E-state index is 10.6. The second-order valence-electron chi connectivity index (χ2n) is 6.17. The van der Waals surface area contributed by atoms with E-state index in [1.807, 2.05) is 0 Å². The van der Waals surface area contributed by atoms with Crippen LogP contribution in [-0.4, -0.2) is 62.2 Å². The number of fused-ring (bicyclic) bond motifs is 1. The Morgan fingerprint density at radius 2 is 1.86 bits per heavy atom. The Hall–Kier alpha value is -3.41. The molecule has 0 atom stereocenters. The number of alkyl halides is 3. The number of carboxylic acids is 1. The number of aliphatic carboxylic acids is 1. The second-order valence-corrected chi connectivity index (χ2v) is 6.17. The third kappa shape index (κ3) is 5.10. The number of carboxylic acid groups (broad SMARTS) is 1. The third-order valence-electron chi connectivity index (χ3n) is 3.96. The Balaban J connectivity index is 0.000000298. The zero-order valence-corrected chi connectivity index (χ0v) is 14.8. The molecule has 1 aromatic carbocycles. The number of carbonyl (C=O) groups is 1. The van der Waals surface area contributed by atoms with Gasteiger partial charge in [-0.2, -0.15) is 23.3 Å². The quantitative estimate of drug-likeness (QED) is 0.512. The van der Waals surface area contributed by atoms with E-state index in [2.05, 4.69) is 25.5 Å². The molecule has 1 aliphatic rings. The first-order chi connectivity index (χ1) is 13.7. The maximum Gasteiger partial charge on any atom is 0.490 e. The summed E-state index contributed by atoms with van der Waals surface area (Å²) in [4.78, 5) is 17.9. The van der Waals surface area contributed by atoms with Crippen molar-refractivity contribution >= 4 is 17.0 Å². The molecule has 0 spiro atoms. The number of H-pyrrole nitrogens is 1. The normalized spacial score (nSPS) is 14.0. The summed E-state index contributed by atoms with van der Waals surface area (Å²) in [6.45, 7) is 2.58. The van der Waals surface area contributed by atoms with Gasteiger partial charge in [0.15, 0.2) is 11.5 Å². The summed E-state index contributed by atoms with van der Waals surface area (Å²) in [5.74, 6) is -0.950. The first-order valence-electron chi connectivity index (χ1n) is 8.38. The molecule has 4 rings (SSSR count). The number of phenols is 1. The van der Waals surface area contributed by atoms with Crippen LogP contribution in [0.2, 0.25) is 0 Å². The molecule has 3 aromatic rings. The summed E-state index contributed by atoms with van der Waals surface area (Å²) in [5.41, 5.74) is 1.45. The van der Waals surface area contributed by atoms with Gasteiger partial charge >= 0.3 is 12.1 Å². The molecule has 154 valence electrons. The van der Waals surface area contributed by atoms with Gasteiger partial charge in [0.25, 0.3) is 0 Å². The van der Waals surface area contributed by atoms with Gasteiger partial charge in [-0.1, -0.05) is 0 Å². The maximum absolute atomic E-state index is 10.6. The average Bonchev–Trinajstić information content (AvgIpc) is 3.09. The lowest BCUT2D eigenvalue weighted by atomic mass is 10.1. The topological polar surface area (TPSA) is 133 Å². The molecular formula is C17H16F3N5O4. The molecular weight excluding hydrogens is 395 g/mol. The van der Waals surface area contributed by atoms with E-state index in [9.17, 15) is 18.3 Å². The molecule has 0 aliphatic carbocycles. The third-order valence-corrected chi connectivity index (χ3v) is 3.96. The van der Waals surface area contributed by atoms with E-state index in [1.165, 1.54) is 0 Å². The zero-order chi connectivity index (χ0) is 21.0. The standard InChI is InChI=1S/C15H15N5O2.C2HF3O2/c21-11-3-1-10(2-4-11)13-18-14-12(7-17-20-14)15(19-13)22-8-9-5-16-6-9;3-2(4,5)1(6)7/h1-4,7,9,16,21H,5-6,8H2,(H,17,18,19,20);(H,6,7). The molecule has 12 heteroatoms. The molecule has 0 radical (unpaired) electrons. The number of benzene rings is 1. The number of aromatic nitrogens is 4. The lowest BCUT2D eigenvalue weighted by Crippen LogP contribution is -2.45. The van der Waals surface area contributed by atoms with Crippen molar-refractivity contribution in [2.75, 3.05) is 19.7 Å². The van der Waals surface area contributed by atoms with Gasteiger partial charge in [-0.15, -0.1) is 0 Å². The average molecular weight is 411 g/mol. The fourth-order valence-corrected chi connectivity index (χ4v) is 2.32. The van der Waals surface area contributed by atoms with E-state index in [0.717, 1.165) is 24.0 Å². The van der Waals surface area contributed by atoms with Crippen molar-refractivity contribution in [3.8, 4) is 23.0 Å². The van der Waals surface area contributed by atoms with Crippen molar-refractivity contribution in [3.63, 3.8) is 0 Å². The molecule has 0 unspecified atom stereocenters. The molecule has 29 heavy (non-hydrogen) atoms. The molecule has 9 nitrogen and oxygen atoms in total. The van der Waals surface area contributed by atoms with Crippen LogP contribution in [0.5, 0.6) is 11.6 Å². The van der Waals surface area contributed by atoms with Crippen LogP contribution in [0.25, 0.3) is 22.4 Å². The first-order valence-corrected chi connectivity index (χ1v) is 8.38. The molecule has 4 N–H and O–H groups in total. The lowest BCUT2D eigenvalue weighted by Gasteiger charge is -2.26. The van der Waals surface area contributed by atoms with E-state index in [-0.39, 0.29) is 5.75 Å². The van der Waals surface area contributed by atoms with Gasteiger partial charge in [0.2, 0.25) is 5.88 Å². The van der Waals surface area contributed by atoms with Gasteiger partial charge in [-0.3, -0.25) is 5.10 Å². The van der Waals surface area contributed by atoms with Crippen molar-refractivity contribution in [1.82, 2.24) is 25.5 Å². The number of rotatable bonds is 4. The number of nitrogens with one attached hydrogen (secondary N) is 2. The van der Waals surface area contributed by atoms with Gasteiger partial charge in [0, 0.05) is 24.6 Å². The molecule has 0 bridgehead atoms. The lowest BCUT2D eigenvalue weighted by molar-refractivity contribution is -0.192. The number of hydrogen-bond donors (Lipinski definition) is 4. The van der Waals surface area contributed by atoms with E-state index in [0.29, 0.717) is 29.9 Å². The molecule has 1 saturated heterocycles. The minimum atomic E-state index is -5.08. The monoisotopic (exact) mass is 411 g/mol.